The van der Waals surface area contributed by atoms with Crippen LogP contribution in [0.15, 0.2) is 118 Å². The first-order chi connectivity index (χ1) is 27.1. The van der Waals surface area contributed by atoms with Crippen molar-refractivity contribution in [2.24, 2.45) is 4.99 Å². The fourth-order valence-corrected chi connectivity index (χ4v) is 6.92. The summed E-state index contributed by atoms with van der Waals surface area (Å²) in [6.07, 6.45) is -4.10. The van der Waals surface area contributed by atoms with Crippen molar-refractivity contribution in [2.45, 2.75) is 32.2 Å². The third kappa shape index (κ3) is 8.19. The van der Waals surface area contributed by atoms with Crippen LogP contribution in [0.25, 0.3) is 4.85 Å². The molecule has 8 rings (SSSR count). The van der Waals surface area contributed by atoms with Gasteiger partial charge in [-0.25, -0.2) is 0 Å². The lowest BCUT2D eigenvalue weighted by molar-refractivity contribution is -0.137. The van der Waals surface area contributed by atoms with Crippen LogP contribution in [0.3, 0.4) is 0 Å². The zero-order valence-corrected chi connectivity index (χ0v) is 30.5. The number of benzene rings is 4. The molecule has 4 aromatic carbocycles. The van der Waals surface area contributed by atoms with Gasteiger partial charge in [0, 0.05) is 55.6 Å². The molecule has 0 saturated carbocycles. The van der Waals surface area contributed by atoms with Gasteiger partial charge in [-0.3, -0.25) is 24.4 Å². The molecule has 3 aliphatic rings. The maximum absolute atomic E-state index is 13.7. The fraction of sp³-hybridized carbons (Fsp3) is 0.220. The Hall–Kier alpha value is -6.30. The van der Waals surface area contributed by atoms with Gasteiger partial charge >= 0.3 is 29.7 Å². The predicted molar refractivity (Wildman–Crippen MR) is 202 cm³/mol. The number of nitrogens with zero attached hydrogens (tertiary/aromatic N) is 7. The Labute approximate surface area is 324 Å². The number of hydrogen-bond acceptors (Lipinski definition) is 8. The van der Waals surface area contributed by atoms with Gasteiger partial charge in [-0.05, 0) is 75.6 Å². The minimum atomic E-state index is -4.42. The summed E-state index contributed by atoms with van der Waals surface area (Å²) < 4.78 is 44.9. The lowest BCUT2D eigenvalue weighted by Gasteiger charge is -2.35. The third-order valence-corrected chi connectivity index (χ3v) is 9.83. The zero-order chi connectivity index (χ0) is 38.8. The summed E-state index contributed by atoms with van der Waals surface area (Å²) in [5, 5.41) is 11.3. The van der Waals surface area contributed by atoms with Gasteiger partial charge in [0.2, 0.25) is 11.9 Å². The van der Waals surface area contributed by atoms with Crippen LogP contribution in [0.4, 0.5) is 18.9 Å². The van der Waals surface area contributed by atoms with Crippen molar-refractivity contribution in [3.63, 3.8) is 0 Å². The van der Waals surface area contributed by atoms with Crippen molar-refractivity contribution >= 4 is 35.1 Å². The second kappa shape index (κ2) is 15.4. The number of halogens is 4. The Morgan fingerprint density at radius 1 is 0.893 bits per heavy atom. The Bertz CT molecular complexity index is 2420. The summed E-state index contributed by atoms with van der Waals surface area (Å²) in [5.74, 6) is 0.0972. The summed E-state index contributed by atoms with van der Waals surface area (Å²) in [5.41, 5.74) is 5.78. The minimum absolute atomic E-state index is 0.118. The molecule has 2 amide bonds. The molecule has 11 nitrogen and oxygen atoms in total. The Kier molecular flexibility index (Phi) is 10.1. The number of fused-ring (bicyclic) bond motifs is 2. The number of guanidine groups is 1. The average molecular weight is 778 g/mol. The first kappa shape index (κ1) is 36.7. The minimum Gasteiger partial charge on any atom is -0.417 e. The number of hydrogen-bond donors (Lipinski definition) is 1. The number of aromatic nitrogens is 2. The van der Waals surface area contributed by atoms with Crippen LogP contribution in [0.2, 0.25) is 5.02 Å². The quantitative estimate of drug-likeness (QED) is 0.171. The zero-order valence-electron chi connectivity index (χ0n) is 29.8. The largest absolute Gasteiger partial charge is 0.417 e. The molecule has 0 unspecified atom stereocenters. The van der Waals surface area contributed by atoms with Gasteiger partial charge in [0.25, 0.3) is 5.91 Å². The van der Waals surface area contributed by atoms with Gasteiger partial charge in [0.15, 0.2) is 0 Å². The molecule has 0 saturated heterocycles. The average Bonchev–Trinajstić information content (AvgIpc) is 3.97. The molecule has 0 spiro atoms. The molecule has 4 heterocycles. The summed E-state index contributed by atoms with van der Waals surface area (Å²) in [4.78, 5) is 41.2. The first-order valence-corrected chi connectivity index (χ1v) is 18.2. The summed E-state index contributed by atoms with van der Waals surface area (Å²) in [6, 6.07) is 30.5. The SMILES string of the molecule is O=C(NCc1ccc(Cl)cc1)c1nnc(Cc2cccc(C#[N+]c3ccc(CN4CC5=C(C4)N4CCN=C4N(Cc4ccc(C(F)(F)F)cc4)C5=O)cc3)c2)o1. The highest BCUT2D eigenvalue weighted by molar-refractivity contribution is 6.30. The molecule has 0 fully saturated rings. The molecule has 3 aliphatic heterocycles. The van der Waals surface area contributed by atoms with E-state index in [-0.39, 0.29) is 18.3 Å². The van der Waals surface area contributed by atoms with E-state index >= 15 is 0 Å². The van der Waals surface area contributed by atoms with Gasteiger partial charge in [-0.2, -0.15) is 13.2 Å². The van der Waals surface area contributed by atoms with Crippen molar-refractivity contribution in [3.05, 3.63) is 163 Å². The van der Waals surface area contributed by atoms with Crippen molar-refractivity contribution in [1.29, 1.82) is 0 Å². The molecular weight excluding hydrogens is 745 g/mol. The molecule has 0 atom stereocenters. The van der Waals surface area contributed by atoms with Crippen LogP contribution in [0, 0.1) is 6.07 Å². The van der Waals surface area contributed by atoms with E-state index in [9.17, 15) is 22.8 Å². The van der Waals surface area contributed by atoms with E-state index in [1.807, 2.05) is 60.7 Å². The topological polar surface area (TPSA) is 112 Å². The Morgan fingerprint density at radius 2 is 1.62 bits per heavy atom. The summed E-state index contributed by atoms with van der Waals surface area (Å²) in [6.45, 7) is 3.26. The number of carbonyl (C=O) groups is 2. The van der Waals surface area contributed by atoms with Crippen LogP contribution in [0.5, 0.6) is 0 Å². The van der Waals surface area contributed by atoms with Gasteiger partial charge in [-0.15, -0.1) is 10.2 Å². The number of rotatable bonds is 9. The summed E-state index contributed by atoms with van der Waals surface area (Å²) >= 11 is 5.92. The standard InChI is InChI=1S/C41H32ClF3N8O3/c42-32-12-6-26(7-13-32)20-48-37(54)38-50-49-36(56-38)19-29-2-1-3-30(18-29)21-47-33-14-8-27(9-15-33)22-51-24-34-35(25-51)52-17-16-46-40(52)53(39(34)55)23-28-4-10-31(11-5-28)41(43,44)45/h1-15,18H,16-17,19-20,22-25H2/p+1. The molecule has 15 heteroatoms. The third-order valence-electron chi connectivity index (χ3n) is 9.58. The second-order valence-corrected chi connectivity index (χ2v) is 14.0. The van der Waals surface area contributed by atoms with Crippen LogP contribution < -0.4 is 5.32 Å². The van der Waals surface area contributed by atoms with E-state index in [1.54, 1.807) is 17.0 Å². The number of alkyl halides is 3. The number of carbonyl (C=O) groups excluding carboxylic acids is 2. The molecular formula is C41H33ClF3N8O3+. The molecule has 0 radical (unpaired) electrons. The van der Waals surface area contributed by atoms with Crippen LogP contribution in [-0.4, -0.2) is 68.9 Å². The Morgan fingerprint density at radius 3 is 2.39 bits per heavy atom. The van der Waals surface area contributed by atoms with E-state index < -0.39 is 17.6 Å². The molecule has 5 aromatic rings. The van der Waals surface area contributed by atoms with Gasteiger partial charge in [-0.1, -0.05) is 48.0 Å². The van der Waals surface area contributed by atoms with Crippen molar-refractivity contribution in [3.8, 4) is 6.07 Å². The van der Waals surface area contributed by atoms with Crippen LogP contribution >= 0.6 is 11.6 Å². The molecule has 1 aromatic heterocycles. The lowest BCUT2D eigenvalue weighted by atomic mass is 10.1. The number of amides is 2. The fourth-order valence-electron chi connectivity index (χ4n) is 6.79. The van der Waals surface area contributed by atoms with Crippen molar-refractivity contribution < 1.29 is 27.2 Å². The van der Waals surface area contributed by atoms with E-state index in [2.05, 4.69) is 41.2 Å². The molecule has 282 valence electrons. The summed E-state index contributed by atoms with van der Waals surface area (Å²) in [7, 11) is 0. The van der Waals surface area contributed by atoms with E-state index in [0.717, 1.165) is 45.8 Å². The molecule has 0 aliphatic carbocycles. The lowest BCUT2D eigenvalue weighted by Crippen LogP contribution is -2.49. The number of nitrogens with one attached hydrogen (secondary N) is 1. The van der Waals surface area contributed by atoms with Crippen molar-refractivity contribution in [1.82, 2.24) is 30.2 Å². The maximum Gasteiger partial charge on any atom is 0.416 e. The first-order valence-electron chi connectivity index (χ1n) is 17.8. The second-order valence-electron chi connectivity index (χ2n) is 13.6. The van der Waals surface area contributed by atoms with E-state index in [1.165, 1.54) is 12.1 Å². The molecule has 0 bridgehead atoms. The smallest absolute Gasteiger partial charge is 0.416 e. The Balaban J connectivity index is 0.854. The molecule has 1 N–H and O–H groups in total. The molecule has 56 heavy (non-hydrogen) atoms. The normalized spacial score (nSPS) is 15.4. The van der Waals surface area contributed by atoms with Gasteiger partial charge in [0.05, 0.1) is 30.6 Å². The van der Waals surface area contributed by atoms with Crippen LogP contribution in [-0.2, 0) is 37.0 Å². The predicted octanol–water partition coefficient (Wildman–Crippen LogP) is 7.06. The highest BCUT2D eigenvalue weighted by atomic mass is 35.5. The van der Waals surface area contributed by atoms with Crippen LogP contribution in [0.1, 0.15) is 50.0 Å². The van der Waals surface area contributed by atoms with Crippen molar-refractivity contribution in [2.75, 3.05) is 26.2 Å². The maximum atomic E-state index is 13.7. The van der Waals surface area contributed by atoms with Gasteiger partial charge < -0.3 is 14.6 Å². The van der Waals surface area contributed by atoms with E-state index in [4.69, 9.17) is 16.0 Å². The highest BCUT2D eigenvalue weighted by Gasteiger charge is 2.43. The van der Waals surface area contributed by atoms with Gasteiger partial charge in [0.1, 0.15) is 5.56 Å². The van der Waals surface area contributed by atoms with E-state index in [0.29, 0.717) is 73.7 Å². The highest BCUT2D eigenvalue weighted by Crippen LogP contribution is 2.33. The monoisotopic (exact) mass is 777 g/mol. The number of aliphatic imine (C=N–C) groups is 1.